The number of H-pyrrole nitrogens is 1. The number of alkyl halides is 3. The van der Waals surface area contributed by atoms with E-state index < -0.39 is 33.6 Å². The van der Waals surface area contributed by atoms with Crippen LogP contribution < -0.4 is 16.1 Å². The lowest BCUT2D eigenvalue weighted by atomic mass is 10.1. The largest absolute Gasteiger partial charge is 0.416 e. The quantitative estimate of drug-likeness (QED) is 0.442. The van der Waals surface area contributed by atoms with Crippen LogP contribution in [0.25, 0.3) is 10.9 Å². The average Bonchev–Trinajstić information content (AvgIpc) is 2.82. The minimum absolute atomic E-state index is 0.0468. The highest BCUT2D eigenvalue weighted by Crippen LogP contribution is 2.36. The van der Waals surface area contributed by atoms with E-state index in [0.717, 1.165) is 16.7 Å². The molecule has 0 unspecified atom stereocenters. The van der Waals surface area contributed by atoms with E-state index in [4.69, 9.17) is 0 Å². The van der Waals surface area contributed by atoms with Crippen LogP contribution in [0, 0.1) is 10.1 Å². The SMILES string of the molecule is CCn1c(=O)[nH]c2cc(C(=O)N3CCN(c4ccc(C(F)(F)F)cc4[N+](=O)[O-])CC3)ccc2c1=O. The first-order valence-electron chi connectivity index (χ1n) is 10.7. The summed E-state index contributed by atoms with van der Waals surface area (Å²) < 4.78 is 39.9. The maximum Gasteiger partial charge on any atom is 0.416 e. The van der Waals surface area contributed by atoms with E-state index in [0.29, 0.717) is 6.07 Å². The number of aromatic nitrogens is 2. The number of anilines is 1. The molecule has 1 amide bonds. The van der Waals surface area contributed by atoms with Gasteiger partial charge in [-0.2, -0.15) is 13.2 Å². The van der Waals surface area contributed by atoms with E-state index in [2.05, 4.69) is 4.98 Å². The van der Waals surface area contributed by atoms with Crippen LogP contribution in [0.4, 0.5) is 24.5 Å². The summed E-state index contributed by atoms with van der Waals surface area (Å²) in [5, 5.41) is 11.7. The van der Waals surface area contributed by atoms with Crippen LogP contribution in [0.5, 0.6) is 0 Å². The number of nitro benzene ring substituents is 1. The molecule has 1 saturated heterocycles. The number of nitro groups is 1. The summed E-state index contributed by atoms with van der Waals surface area (Å²) in [6.45, 7) is 2.55. The number of carbonyl (C=O) groups excluding carboxylic acids is 1. The first kappa shape index (κ1) is 24.0. The topological polar surface area (TPSA) is 122 Å². The van der Waals surface area contributed by atoms with Crippen molar-refractivity contribution in [2.45, 2.75) is 19.6 Å². The second-order valence-electron chi connectivity index (χ2n) is 7.98. The summed E-state index contributed by atoms with van der Waals surface area (Å²) >= 11 is 0. The van der Waals surface area contributed by atoms with Crippen molar-refractivity contribution in [3.05, 3.63) is 78.5 Å². The zero-order valence-corrected chi connectivity index (χ0v) is 18.5. The van der Waals surface area contributed by atoms with E-state index in [1.54, 1.807) is 11.8 Å². The van der Waals surface area contributed by atoms with Crippen LogP contribution in [-0.2, 0) is 12.7 Å². The molecule has 0 spiro atoms. The van der Waals surface area contributed by atoms with Crippen LogP contribution in [0.3, 0.4) is 0 Å². The third-order valence-electron chi connectivity index (χ3n) is 5.95. The summed E-state index contributed by atoms with van der Waals surface area (Å²) in [4.78, 5) is 53.7. The van der Waals surface area contributed by atoms with E-state index in [9.17, 15) is 37.7 Å². The molecular weight excluding hydrogens is 471 g/mol. The zero-order chi connectivity index (χ0) is 25.5. The molecule has 1 aliphatic heterocycles. The number of nitrogens with zero attached hydrogens (tertiary/aromatic N) is 4. The molecule has 35 heavy (non-hydrogen) atoms. The second-order valence-corrected chi connectivity index (χ2v) is 7.98. The Balaban J connectivity index is 1.54. The molecule has 0 atom stereocenters. The molecule has 0 bridgehead atoms. The van der Waals surface area contributed by atoms with Crippen LogP contribution in [-0.4, -0.2) is 51.5 Å². The number of hydrogen-bond donors (Lipinski definition) is 1. The molecule has 2 heterocycles. The van der Waals surface area contributed by atoms with Crippen LogP contribution in [0.15, 0.2) is 46.0 Å². The van der Waals surface area contributed by atoms with Gasteiger partial charge in [-0.1, -0.05) is 0 Å². The summed E-state index contributed by atoms with van der Waals surface area (Å²) in [5.41, 5.74) is -2.29. The molecule has 0 aliphatic carbocycles. The Bertz CT molecular complexity index is 1440. The molecule has 0 radical (unpaired) electrons. The van der Waals surface area contributed by atoms with Gasteiger partial charge in [-0.3, -0.25) is 24.3 Å². The fourth-order valence-corrected chi connectivity index (χ4v) is 4.12. The van der Waals surface area contributed by atoms with Crippen LogP contribution in [0.2, 0.25) is 0 Å². The number of benzene rings is 2. The van der Waals surface area contributed by atoms with Crippen LogP contribution in [0.1, 0.15) is 22.8 Å². The Kier molecular flexibility index (Phi) is 6.09. The number of halogens is 3. The number of aromatic amines is 1. The summed E-state index contributed by atoms with van der Waals surface area (Å²) in [7, 11) is 0. The lowest BCUT2D eigenvalue weighted by Crippen LogP contribution is -2.49. The Morgan fingerprint density at radius 3 is 2.37 bits per heavy atom. The first-order valence-corrected chi connectivity index (χ1v) is 10.7. The van der Waals surface area contributed by atoms with Gasteiger partial charge in [0, 0.05) is 44.4 Å². The smallest absolute Gasteiger partial charge is 0.362 e. The predicted octanol–water partition coefficient (Wildman–Crippen LogP) is 2.60. The summed E-state index contributed by atoms with van der Waals surface area (Å²) in [6, 6.07) is 6.75. The van der Waals surface area contributed by atoms with Gasteiger partial charge < -0.3 is 14.8 Å². The van der Waals surface area contributed by atoms with Gasteiger partial charge in [-0.15, -0.1) is 0 Å². The zero-order valence-electron chi connectivity index (χ0n) is 18.5. The number of piperazine rings is 1. The number of rotatable bonds is 4. The van der Waals surface area contributed by atoms with Crippen molar-refractivity contribution in [3.63, 3.8) is 0 Å². The van der Waals surface area contributed by atoms with Crippen molar-refractivity contribution in [3.8, 4) is 0 Å². The van der Waals surface area contributed by atoms with Crippen molar-refractivity contribution in [1.29, 1.82) is 0 Å². The van der Waals surface area contributed by atoms with E-state index in [-0.39, 0.29) is 60.8 Å². The fraction of sp³-hybridized carbons (Fsp3) is 0.318. The van der Waals surface area contributed by atoms with Crippen molar-refractivity contribution < 1.29 is 22.9 Å². The van der Waals surface area contributed by atoms with Gasteiger partial charge in [0.1, 0.15) is 5.69 Å². The molecule has 2 aromatic carbocycles. The molecular formula is C22H20F3N5O5. The van der Waals surface area contributed by atoms with Gasteiger partial charge >= 0.3 is 11.9 Å². The highest BCUT2D eigenvalue weighted by Gasteiger charge is 2.34. The van der Waals surface area contributed by atoms with Gasteiger partial charge in [0.05, 0.1) is 21.4 Å². The molecule has 0 saturated carbocycles. The molecule has 1 aliphatic rings. The van der Waals surface area contributed by atoms with E-state index in [1.165, 1.54) is 23.1 Å². The van der Waals surface area contributed by atoms with E-state index >= 15 is 0 Å². The minimum atomic E-state index is -4.71. The maximum absolute atomic E-state index is 13.0. The molecule has 1 N–H and O–H groups in total. The molecule has 10 nitrogen and oxygen atoms in total. The Hall–Kier alpha value is -4.16. The highest BCUT2D eigenvalue weighted by molar-refractivity contribution is 5.97. The number of amides is 1. The van der Waals surface area contributed by atoms with Crippen molar-refractivity contribution in [2.75, 3.05) is 31.1 Å². The highest BCUT2D eigenvalue weighted by atomic mass is 19.4. The molecule has 13 heteroatoms. The summed E-state index contributed by atoms with van der Waals surface area (Å²) in [5.74, 6) is -0.367. The minimum Gasteiger partial charge on any atom is -0.362 e. The van der Waals surface area contributed by atoms with Crippen LogP contribution >= 0.6 is 0 Å². The lowest BCUT2D eigenvalue weighted by Gasteiger charge is -2.36. The monoisotopic (exact) mass is 491 g/mol. The van der Waals surface area contributed by atoms with Crippen molar-refractivity contribution in [1.82, 2.24) is 14.5 Å². The fourth-order valence-electron chi connectivity index (χ4n) is 4.12. The lowest BCUT2D eigenvalue weighted by molar-refractivity contribution is -0.384. The first-order chi connectivity index (χ1) is 16.5. The van der Waals surface area contributed by atoms with E-state index in [1.807, 2.05) is 0 Å². The van der Waals surface area contributed by atoms with Gasteiger partial charge in [0.25, 0.3) is 17.2 Å². The molecule has 1 aromatic heterocycles. The van der Waals surface area contributed by atoms with Gasteiger partial charge in [0.2, 0.25) is 0 Å². The number of nitrogens with one attached hydrogen (secondary N) is 1. The Labute approximate surface area is 195 Å². The Morgan fingerprint density at radius 2 is 1.77 bits per heavy atom. The molecule has 4 rings (SSSR count). The number of fused-ring (bicyclic) bond motifs is 1. The normalized spacial score (nSPS) is 14.4. The Morgan fingerprint density at radius 1 is 1.09 bits per heavy atom. The molecule has 1 fully saturated rings. The predicted molar refractivity (Wildman–Crippen MR) is 121 cm³/mol. The summed E-state index contributed by atoms with van der Waals surface area (Å²) in [6.07, 6.45) is -4.71. The van der Waals surface area contributed by atoms with Crippen molar-refractivity contribution >= 4 is 28.2 Å². The van der Waals surface area contributed by atoms with Gasteiger partial charge in [0.15, 0.2) is 0 Å². The van der Waals surface area contributed by atoms with Gasteiger partial charge in [-0.05, 0) is 37.3 Å². The van der Waals surface area contributed by atoms with Crippen molar-refractivity contribution in [2.24, 2.45) is 0 Å². The maximum atomic E-state index is 13.0. The average molecular weight is 491 g/mol. The molecule has 184 valence electrons. The number of hydrogen-bond acceptors (Lipinski definition) is 6. The number of carbonyl (C=O) groups is 1. The molecule has 3 aromatic rings. The van der Waals surface area contributed by atoms with Gasteiger partial charge in [-0.25, -0.2) is 4.79 Å². The third-order valence-corrected chi connectivity index (χ3v) is 5.95. The standard InChI is InChI=1S/C22H20F3N5O5/c1-2-29-20(32)15-5-3-13(11-16(15)26-21(29)33)19(31)28-9-7-27(8-10-28)17-6-4-14(22(23,24)25)12-18(17)30(34)35/h3-6,11-12H,2,7-10H2,1H3,(H,26,33). The second kappa shape index (κ2) is 8.89. The third kappa shape index (κ3) is 4.48.